The summed E-state index contributed by atoms with van der Waals surface area (Å²) in [6.07, 6.45) is -1.44. The fraction of sp³-hybridized carbons (Fsp3) is 0.412. The van der Waals surface area contributed by atoms with Gasteiger partial charge in [0, 0.05) is 29.6 Å². The first-order chi connectivity index (χ1) is 11.2. The van der Waals surface area contributed by atoms with Crippen LogP contribution in [0, 0.1) is 0 Å². The molecule has 2 atom stereocenters. The second-order valence-electron chi connectivity index (χ2n) is 6.25. The van der Waals surface area contributed by atoms with Crippen molar-refractivity contribution in [2.75, 3.05) is 14.2 Å². The molecule has 7 heteroatoms. The van der Waals surface area contributed by atoms with E-state index >= 15 is 0 Å². The number of ketones is 2. The van der Waals surface area contributed by atoms with Crippen molar-refractivity contribution in [3.05, 3.63) is 28.3 Å². The number of hydrogen-bond acceptors (Lipinski definition) is 7. The molecule has 24 heavy (non-hydrogen) atoms. The molecule has 3 N–H and O–H groups in total. The van der Waals surface area contributed by atoms with Crippen molar-refractivity contribution in [1.29, 1.82) is 0 Å². The normalized spacial score (nSPS) is 26.1. The molecule has 2 unspecified atom stereocenters. The summed E-state index contributed by atoms with van der Waals surface area (Å²) in [7, 11) is 2.66. The number of hydrogen-bond donors (Lipinski definition) is 3. The lowest BCUT2D eigenvalue weighted by Crippen LogP contribution is -2.46. The predicted molar refractivity (Wildman–Crippen MR) is 82.8 cm³/mol. The van der Waals surface area contributed by atoms with Gasteiger partial charge in [-0.2, -0.15) is 0 Å². The molecule has 0 saturated heterocycles. The van der Waals surface area contributed by atoms with Gasteiger partial charge >= 0.3 is 0 Å². The van der Waals surface area contributed by atoms with E-state index in [1.807, 2.05) is 0 Å². The molecule has 0 bridgehead atoms. The number of phenols is 1. The summed E-state index contributed by atoms with van der Waals surface area (Å²) in [6, 6.07) is 1.34. The Kier molecular flexibility index (Phi) is 3.65. The van der Waals surface area contributed by atoms with Crippen molar-refractivity contribution in [3.8, 4) is 17.2 Å². The minimum atomic E-state index is -1.52. The Labute approximate surface area is 138 Å². The summed E-state index contributed by atoms with van der Waals surface area (Å²) in [4.78, 5) is 25.6. The third-order valence-corrected chi connectivity index (χ3v) is 4.68. The van der Waals surface area contributed by atoms with Crippen LogP contribution in [0.4, 0.5) is 0 Å². The fourth-order valence-electron chi connectivity index (χ4n) is 3.26. The minimum absolute atomic E-state index is 0.00245. The maximum atomic E-state index is 12.8. The Morgan fingerprint density at radius 3 is 2.42 bits per heavy atom. The number of phenolic OH excluding ortho intramolecular Hbond substituents is 1. The van der Waals surface area contributed by atoms with Crippen LogP contribution in [-0.4, -0.2) is 52.8 Å². The van der Waals surface area contributed by atoms with E-state index in [2.05, 4.69) is 0 Å². The van der Waals surface area contributed by atoms with E-state index in [1.54, 1.807) is 0 Å². The lowest BCUT2D eigenvalue weighted by Gasteiger charge is -2.37. The van der Waals surface area contributed by atoms with Crippen LogP contribution in [0.3, 0.4) is 0 Å². The number of Topliss-reactive ketones (excluding diaryl/α,β-unsaturated/α-hetero) is 2. The van der Waals surface area contributed by atoms with Crippen molar-refractivity contribution in [2.45, 2.75) is 31.5 Å². The zero-order chi connectivity index (χ0) is 17.8. The summed E-state index contributed by atoms with van der Waals surface area (Å²) in [5.41, 5.74) is -1.40. The molecule has 0 amide bonds. The number of aromatic hydroxyl groups is 1. The van der Waals surface area contributed by atoms with Crippen molar-refractivity contribution in [1.82, 2.24) is 0 Å². The maximum absolute atomic E-state index is 12.8. The van der Waals surface area contributed by atoms with Gasteiger partial charge in [0.2, 0.25) is 5.75 Å². The summed E-state index contributed by atoms with van der Waals surface area (Å²) >= 11 is 0. The molecule has 0 fully saturated rings. The maximum Gasteiger partial charge on any atom is 0.203 e. The van der Waals surface area contributed by atoms with E-state index in [0.29, 0.717) is 0 Å². The molecule has 0 radical (unpaired) electrons. The van der Waals surface area contributed by atoms with Crippen LogP contribution in [-0.2, 0) is 0 Å². The van der Waals surface area contributed by atoms with Crippen molar-refractivity contribution in [2.24, 2.45) is 0 Å². The van der Waals surface area contributed by atoms with Crippen LogP contribution in [0.5, 0.6) is 17.2 Å². The third-order valence-electron chi connectivity index (χ3n) is 4.68. The number of fused-ring (bicyclic) bond motifs is 1. The first kappa shape index (κ1) is 16.5. The fourth-order valence-corrected chi connectivity index (χ4v) is 3.26. The monoisotopic (exact) mass is 334 g/mol. The van der Waals surface area contributed by atoms with Crippen LogP contribution in [0.2, 0.25) is 0 Å². The second kappa shape index (κ2) is 5.32. The number of carbonyl (C=O) groups excluding carboxylic acids is 2. The van der Waals surface area contributed by atoms with E-state index in [1.165, 1.54) is 27.2 Å². The van der Waals surface area contributed by atoms with Crippen molar-refractivity contribution in [3.63, 3.8) is 0 Å². The number of carbonyl (C=O) groups is 2. The molecule has 1 aromatic carbocycles. The predicted octanol–water partition coefficient (Wildman–Crippen LogP) is 0.991. The Morgan fingerprint density at radius 1 is 1.17 bits per heavy atom. The molecule has 0 aromatic heterocycles. The highest BCUT2D eigenvalue weighted by Crippen LogP contribution is 2.47. The molecule has 3 rings (SSSR count). The van der Waals surface area contributed by atoms with E-state index in [0.717, 1.165) is 0 Å². The molecule has 0 saturated carbocycles. The summed E-state index contributed by atoms with van der Waals surface area (Å²) < 4.78 is 10.2. The van der Waals surface area contributed by atoms with Gasteiger partial charge in [-0.15, -0.1) is 0 Å². The number of aliphatic hydroxyl groups excluding tert-OH is 1. The molecular weight excluding hydrogens is 316 g/mol. The van der Waals surface area contributed by atoms with Gasteiger partial charge in [0.05, 0.1) is 31.5 Å². The first-order valence-electron chi connectivity index (χ1n) is 7.42. The lowest BCUT2D eigenvalue weighted by molar-refractivity contribution is -0.0651. The number of ether oxygens (including phenoxy) is 2. The average Bonchev–Trinajstić information content (AvgIpc) is 2.53. The Morgan fingerprint density at radius 2 is 1.83 bits per heavy atom. The SMILES string of the molecule is COc1cc2c(c(O)c1OC)C(=O)C1=C(CC(O)C(C)(O)C1)C2=O. The van der Waals surface area contributed by atoms with Crippen LogP contribution in [0.15, 0.2) is 17.2 Å². The highest BCUT2D eigenvalue weighted by molar-refractivity contribution is 6.28. The zero-order valence-electron chi connectivity index (χ0n) is 13.5. The second-order valence-corrected chi connectivity index (χ2v) is 6.25. The van der Waals surface area contributed by atoms with Crippen LogP contribution >= 0.6 is 0 Å². The van der Waals surface area contributed by atoms with Gasteiger partial charge in [-0.1, -0.05) is 0 Å². The van der Waals surface area contributed by atoms with Crippen LogP contribution < -0.4 is 9.47 Å². The molecule has 0 spiro atoms. The van der Waals surface area contributed by atoms with Crippen LogP contribution in [0.1, 0.15) is 40.5 Å². The van der Waals surface area contributed by atoms with E-state index in [4.69, 9.17) is 9.47 Å². The summed E-state index contributed by atoms with van der Waals surface area (Å²) in [5, 5.41) is 30.6. The van der Waals surface area contributed by atoms with Gasteiger partial charge in [0.25, 0.3) is 0 Å². The number of methoxy groups -OCH3 is 2. The molecule has 1 aromatic rings. The standard InChI is InChI=1S/C17H18O7/c1-17(22)6-9-7(5-11(17)18)13(19)8-4-10(23-2)16(24-3)15(21)12(8)14(9)20/h4,11,18,21-22H,5-6H2,1-3H3. The topological polar surface area (TPSA) is 113 Å². The van der Waals surface area contributed by atoms with Gasteiger partial charge < -0.3 is 24.8 Å². The van der Waals surface area contributed by atoms with Gasteiger partial charge in [-0.3, -0.25) is 9.59 Å². The number of benzene rings is 1. The Balaban J connectivity index is 2.24. The summed E-state index contributed by atoms with van der Waals surface area (Å²) in [6.45, 7) is 1.41. The molecule has 2 aliphatic carbocycles. The number of rotatable bonds is 2. The highest BCUT2D eigenvalue weighted by Gasteiger charge is 2.45. The van der Waals surface area contributed by atoms with Gasteiger partial charge in [0.1, 0.15) is 0 Å². The smallest absolute Gasteiger partial charge is 0.203 e. The average molecular weight is 334 g/mol. The first-order valence-corrected chi connectivity index (χ1v) is 7.42. The van der Waals surface area contributed by atoms with E-state index < -0.39 is 29.0 Å². The van der Waals surface area contributed by atoms with Gasteiger partial charge in [-0.25, -0.2) is 0 Å². The molecule has 0 heterocycles. The Bertz CT molecular complexity index is 789. The molecular formula is C17H18O7. The van der Waals surface area contributed by atoms with Gasteiger partial charge in [0.15, 0.2) is 23.1 Å². The number of aliphatic hydroxyl groups is 2. The summed E-state index contributed by atoms with van der Waals surface area (Å²) in [5.74, 6) is -1.40. The zero-order valence-corrected chi connectivity index (χ0v) is 13.5. The van der Waals surface area contributed by atoms with Crippen molar-refractivity contribution >= 4 is 11.6 Å². The van der Waals surface area contributed by atoms with Gasteiger partial charge in [-0.05, 0) is 13.0 Å². The largest absolute Gasteiger partial charge is 0.504 e. The molecule has 7 nitrogen and oxygen atoms in total. The third kappa shape index (κ3) is 2.12. The molecule has 2 aliphatic rings. The highest BCUT2D eigenvalue weighted by atomic mass is 16.5. The quantitative estimate of drug-likeness (QED) is 0.739. The minimum Gasteiger partial charge on any atom is -0.504 e. The van der Waals surface area contributed by atoms with Crippen molar-refractivity contribution < 1.29 is 34.4 Å². The van der Waals surface area contributed by atoms with Crippen LogP contribution in [0.25, 0.3) is 0 Å². The van der Waals surface area contributed by atoms with E-state index in [9.17, 15) is 24.9 Å². The lowest BCUT2D eigenvalue weighted by atomic mass is 9.71. The molecule has 0 aliphatic heterocycles. The Hall–Kier alpha value is -2.38. The molecule has 128 valence electrons. The van der Waals surface area contributed by atoms with E-state index in [-0.39, 0.29) is 46.6 Å².